The van der Waals surface area contributed by atoms with Gasteiger partial charge in [-0.25, -0.2) is 4.98 Å². The Hall–Kier alpha value is -1.96. The van der Waals surface area contributed by atoms with Crippen LogP contribution in [0.15, 0.2) is 46.6 Å². The quantitative estimate of drug-likeness (QED) is 0.459. The Balaban J connectivity index is 1.27. The van der Waals surface area contributed by atoms with Gasteiger partial charge < -0.3 is 4.98 Å². The highest BCUT2D eigenvalue weighted by Crippen LogP contribution is 2.35. The smallest absolute Gasteiger partial charge is 0.137 e. The largest absolute Gasteiger partial charge is 0.346 e. The molecule has 2 N–H and O–H groups in total. The lowest BCUT2D eigenvalue weighted by Gasteiger charge is -2.31. The van der Waals surface area contributed by atoms with Crippen molar-refractivity contribution < 1.29 is 0 Å². The van der Waals surface area contributed by atoms with Crippen molar-refractivity contribution in [1.82, 2.24) is 25.1 Å². The van der Waals surface area contributed by atoms with Gasteiger partial charge in [0.1, 0.15) is 5.65 Å². The highest BCUT2D eigenvalue weighted by atomic mass is 79.9. The van der Waals surface area contributed by atoms with E-state index in [1.54, 1.807) is 11.3 Å². The van der Waals surface area contributed by atoms with E-state index < -0.39 is 0 Å². The van der Waals surface area contributed by atoms with Crippen molar-refractivity contribution in [2.45, 2.75) is 25.3 Å². The summed E-state index contributed by atoms with van der Waals surface area (Å²) in [4.78, 5) is 11.5. The number of halogens is 1. The second-order valence-corrected chi connectivity index (χ2v) is 9.53. The van der Waals surface area contributed by atoms with Gasteiger partial charge in [-0.2, -0.15) is 5.10 Å². The van der Waals surface area contributed by atoms with Crippen molar-refractivity contribution in [1.29, 1.82) is 0 Å². The Morgan fingerprint density at radius 2 is 2.11 bits per heavy atom. The summed E-state index contributed by atoms with van der Waals surface area (Å²) in [6.07, 6.45) is 8.33. The van der Waals surface area contributed by atoms with E-state index in [9.17, 15) is 0 Å². The number of nitrogens with one attached hydrogen (secondary N) is 2. The highest BCUT2D eigenvalue weighted by Gasteiger charge is 2.24. The lowest BCUT2D eigenvalue weighted by Crippen LogP contribution is -2.32. The molecule has 5 rings (SSSR count). The standard InChI is InChI=1S/C20H20BrN5S/c21-18-4-3-17(27-18)19-14(10-24-25-19)12-26-8-5-13(6-9-26)16-11-23-20-15(16)2-1-7-22-20/h1-4,7,10-11,13H,5-6,8-9,12H2,(H,22,23)(H,24,25). The van der Waals surface area contributed by atoms with E-state index in [1.807, 2.05) is 18.5 Å². The van der Waals surface area contributed by atoms with Crippen LogP contribution in [0.2, 0.25) is 0 Å². The summed E-state index contributed by atoms with van der Waals surface area (Å²) in [6.45, 7) is 3.16. The summed E-state index contributed by atoms with van der Waals surface area (Å²) < 4.78 is 1.15. The Morgan fingerprint density at radius 1 is 1.22 bits per heavy atom. The normalized spacial score (nSPS) is 16.3. The van der Waals surface area contributed by atoms with Gasteiger partial charge in [0.15, 0.2) is 0 Å². The molecule has 0 bridgehead atoms. The van der Waals surface area contributed by atoms with Crippen molar-refractivity contribution in [2.24, 2.45) is 0 Å². The molecular formula is C20H20BrN5S. The third-order valence-corrected chi connectivity index (χ3v) is 7.08. The van der Waals surface area contributed by atoms with E-state index in [2.05, 4.69) is 65.4 Å². The van der Waals surface area contributed by atoms with Gasteiger partial charge in [0.2, 0.25) is 0 Å². The molecule has 4 aromatic heterocycles. The van der Waals surface area contributed by atoms with Gasteiger partial charge in [-0.15, -0.1) is 11.3 Å². The minimum atomic E-state index is 0.608. The van der Waals surface area contributed by atoms with Gasteiger partial charge in [-0.1, -0.05) is 0 Å². The number of nitrogens with zero attached hydrogens (tertiary/aromatic N) is 3. The summed E-state index contributed by atoms with van der Waals surface area (Å²) in [5.41, 5.74) is 4.85. The van der Waals surface area contributed by atoms with Crippen molar-refractivity contribution in [3.8, 4) is 10.6 Å². The second kappa shape index (κ2) is 7.22. The molecule has 0 atom stereocenters. The van der Waals surface area contributed by atoms with Gasteiger partial charge in [0.05, 0.1) is 20.6 Å². The molecule has 7 heteroatoms. The molecule has 0 unspecified atom stereocenters. The molecule has 0 amide bonds. The Morgan fingerprint density at radius 3 is 2.93 bits per heavy atom. The number of aromatic amines is 2. The number of likely N-dealkylation sites (tertiary alicyclic amines) is 1. The first-order chi connectivity index (χ1) is 13.3. The van der Waals surface area contributed by atoms with E-state index >= 15 is 0 Å². The minimum absolute atomic E-state index is 0.608. The lowest BCUT2D eigenvalue weighted by molar-refractivity contribution is 0.205. The Bertz CT molecular complexity index is 1060. The molecule has 1 saturated heterocycles. The fourth-order valence-electron chi connectivity index (χ4n) is 4.05. The average Bonchev–Trinajstić information content (AvgIpc) is 3.42. The van der Waals surface area contributed by atoms with Crippen LogP contribution in [-0.4, -0.2) is 38.2 Å². The van der Waals surface area contributed by atoms with E-state index in [0.717, 1.165) is 34.8 Å². The number of thiophene rings is 1. The third-order valence-electron chi connectivity index (χ3n) is 5.44. The van der Waals surface area contributed by atoms with Crippen LogP contribution in [0.4, 0.5) is 0 Å². The number of H-pyrrole nitrogens is 2. The number of fused-ring (bicyclic) bond motifs is 1. The summed E-state index contributed by atoms with van der Waals surface area (Å²) in [7, 11) is 0. The van der Waals surface area contributed by atoms with E-state index in [1.165, 1.54) is 34.2 Å². The van der Waals surface area contributed by atoms with Crippen LogP contribution in [0.3, 0.4) is 0 Å². The van der Waals surface area contributed by atoms with Gasteiger partial charge in [0.25, 0.3) is 0 Å². The number of hydrogen-bond acceptors (Lipinski definition) is 4. The number of piperidine rings is 1. The number of hydrogen-bond donors (Lipinski definition) is 2. The molecule has 138 valence electrons. The maximum atomic E-state index is 4.42. The molecule has 4 aromatic rings. The number of aromatic nitrogens is 4. The Labute approximate surface area is 170 Å². The van der Waals surface area contributed by atoms with Crippen LogP contribution < -0.4 is 0 Å². The summed E-state index contributed by atoms with van der Waals surface area (Å²) in [5, 5.41) is 8.74. The summed E-state index contributed by atoms with van der Waals surface area (Å²) in [6, 6.07) is 8.44. The van der Waals surface area contributed by atoms with E-state index in [-0.39, 0.29) is 0 Å². The summed E-state index contributed by atoms with van der Waals surface area (Å²) >= 11 is 5.29. The van der Waals surface area contributed by atoms with Crippen LogP contribution in [0.25, 0.3) is 21.6 Å². The average molecular weight is 442 g/mol. The molecule has 5 heterocycles. The van der Waals surface area contributed by atoms with Gasteiger partial charge in [-0.3, -0.25) is 10.00 Å². The predicted octanol–water partition coefficient (Wildman–Crippen LogP) is 5.16. The van der Waals surface area contributed by atoms with Crippen molar-refractivity contribution >= 4 is 38.3 Å². The van der Waals surface area contributed by atoms with Gasteiger partial charge in [-0.05, 0) is 77.6 Å². The van der Waals surface area contributed by atoms with Gasteiger partial charge >= 0.3 is 0 Å². The molecule has 0 aliphatic carbocycles. The second-order valence-electron chi connectivity index (χ2n) is 7.07. The minimum Gasteiger partial charge on any atom is -0.346 e. The van der Waals surface area contributed by atoms with Gasteiger partial charge in [0, 0.05) is 29.9 Å². The molecule has 27 heavy (non-hydrogen) atoms. The molecule has 0 saturated carbocycles. The van der Waals surface area contributed by atoms with E-state index in [0.29, 0.717) is 5.92 Å². The third kappa shape index (κ3) is 3.35. The first kappa shape index (κ1) is 17.2. The zero-order chi connectivity index (χ0) is 18.2. The first-order valence-electron chi connectivity index (χ1n) is 9.20. The monoisotopic (exact) mass is 441 g/mol. The van der Waals surface area contributed by atoms with Crippen LogP contribution in [0.1, 0.15) is 29.9 Å². The van der Waals surface area contributed by atoms with Crippen LogP contribution in [0, 0.1) is 0 Å². The zero-order valence-electron chi connectivity index (χ0n) is 14.8. The molecule has 0 aromatic carbocycles. The lowest BCUT2D eigenvalue weighted by atomic mass is 9.89. The molecule has 0 radical (unpaired) electrons. The molecular weight excluding hydrogens is 422 g/mol. The maximum absolute atomic E-state index is 4.42. The highest BCUT2D eigenvalue weighted by molar-refractivity contribution is 9.11. The number of pyridine rings is 1. The molecule has 1 aliphatic heterocycles. The van der Waals surface area contributed by atoms with Crippen LogP contribution in [0.5, 0.6) is 0 Å². The molecule has 0 spiro atoms. The molecule has 5 nitrogen and oxygen atoms in total. The maximum Gasteiger partial charge on any atom is 0.137 e. The van der Waals surface area contributed by atoms with Crippen LogP contribution in [-0.2, 0) is 6.54 Å². The van der Waals surface area contributed by atoms with Crippen molar-refractivity contribution in [2.75, 3.05) is 13.1 Å². The molecule has 1 aliphatic rings. The topological polar surface area (TPSA) is 60.6 Å². The Kier molecular flexibility index (Phi) is 4.59. The predicted molar refractivity (Wildman–Crippen MR) is 113 cm³/mol. The fraction of sp³-hybridized carbons (Fsp3) is 0.300. The van der Waals surface area contributed by atoms with E-state index in [4.69, 9.17) is 0 Å². The zero-order valence-corrected chi connectivity index (χ0v) is 17.2. The fourth-order valence-corrected chi connectivity index (χ4v) is 5.47. The number of rotatable bonds is 4. The van der Waals surface area contributed by atoms with Crippen molar-refractivity contribution in [3.63, 3.8) is 0 Å². The van der Waals surface area contributed by atoms with Crippen molar-refractivity contribution in [3.05, 3.63) is 57.8 Å². The summed E-state index contributed by atoms with van der Waals surface area (Å²) in [5.74, 6) is 0.608. The first-order valence-corrected chi connectivity index (χ1v) is 10.8. The van der Waals surface area contributed by atoms with Crippen LogP contribution >= 0.6 is 27.3 Å². The SMILES string of the molecule is Brc1ccc(-c2[nH]ncc2CN2CCC(c3c[nH]c4ncccc34)CC2)s1. The molecule has 1 fully saturated rings.